The molecule has 1 aromatic heterocycles. The minimum absolute atomic E-state index is 0.00156. The minimum atomic E-state index is -0.527. The van der Waals surface area contributed by atoms with Gasteiger partial charge in [-0.2, -0.15) is 0 Å². The lowest BCUT2D eigenvalue weighted by Gasteiger charge is -2.28. The standard InChI is InChI=1S/C22H27N3O3/c1-28-19-8-4-7-18(14-19)22(10-2-3-11-22)21(27)24-13-9-20(26)25-16-17-6-5-12-23-15-17/h4-8,12,14-15H,2-3,9-11,13,16H2,1H3,(H,24,27)(H,25,26). The van der Waals surface area contributed by atoms with E-state index in [9.17, 15) is 9.59 Å². The van der Waals surface area contributed by atoms with E-state index in [1.807, 2.05) is 36.4 Å². The average molecular weight is 381 g/mol. The lowest BCUT2D eigenvalue weighted by molar-refractivity contribution is -0.127. The Morgan fingerprint density at radius 2 is 1.96 bits per heavy atom. The van der Waals surface area contributed by atoms with Crippen LogP contribution in [0.5, 0.6) is 5.75 Å². The van der Waals surface area contributed by atoms with Gasteiger partial charge >= 0.3 is 0 Å². The van der Waals surface area contributed by atoms with Crippen LogP contribution in [0.1, 0.15) is 43.2 Å². The van der Waals surface area contributed by atoms with Gasteiger partial charge in [-0.1, -0.05) is 31.0 Å². The number of carbonyl (C=O) groups is 2. The van der Waals surface area contributed by atoms with Gasteiger partial charge in [-0.15, -0.1) is 0 Å². The summed E-state index contributed by atoms with van der Waals surface area (Å²) >= 11 is 0. The molecule has 28 heavy (non-hydrogen) atoms. The Hall–Kier alpha value is -2.89. The molecule has 6 nitrogen and oxygen atoms in total. The Morgan fingerprint density at radius 1 is 1.14 bits per heavy atom. The van der Waals surface area contributed by atoms with Crippen molar-refractivity contribution in [2.75, 3.05) is 13.7 Å². The molecule has 6 heteroatoms. The molecular weight excluding hydrogens is 354 g/mol. The molecule has 148 valence electrons. The van der Waals surface area contributed by atoms with Gasteiger partial charge in [0.25, 0.3) is 0 Å². The van der Waals surface area contributed by atoms with E-state index >= 15 is 0 Å². The zero-order valence-electron chi connectivity index (χ0n) is 16.2. The number of hydrogen-bond donors (Lipinski definition) is 2. The van der Waals surface area contributed by atoms with E-state index < -0.39 is 5.41 Å². The van der Waals surface area contributed by atoms with Crippen molar-refractivity contribution in [2.45, 2.75) is 44.1 Å². The molecule has 3 rings (SSSR count). The lowest BCUT2D eigenvalue weighted by atomic mass is 9.78. The van der Waals surface area contributed by atoms with Crippen molar-refractivity contribution >= 4 is 11.8 Å². The fraction of sp³-hybridized carbons (Fsp3) is 0.409. The zero-order chi connectivity index (χ0) is 19.8. The predicted octanol–water partition coefficient (Wildman–Crippen LogP) is 2.72. The first-order valence-electron chi connectivity index (χ1n) is 9.72. The van der Waals surface area contributed by atoms with Gasteiger partial charge in [0.05, 0.1) is 12.5 Å². The smallest absolute Gasteiger partial charge is 0.230 e. The van der Waals surface area contributed by atoms with Crippen LogP contribution >= 0.6 is 0 Å². The molecule has 0 atom stereocenters. The number of ether oxygens (including phenoxy) is 1. The molecule has 0 radical (unpaired) electrons. The highest BCUT2D eigenvalue weighted by Gasteiger charge is 2.42. The van der Waals surface area contributed by atoms with Crippen molar-refractivity contribution < 1.29 is 14.3 Å². The molecule has 0 unspecified atom stereocenters. The summed E-state index contributed by atoms with van der Waals surface area (Å²) in [6, 6.07) is 11.5. The largest absolute Gasteiger partial charge is 0.497 e. The molecule has 0 spiro atoms. The van der Waals surface area contributed by atoms with E-state index in [1.54, 1.807) is 19.5 Å². The number of pyridine rings is 1. The van der Waals surface area contributed by atoms with E-state index in [4.69, 9.17) is 4.74 Å². The fourth-order valence-corrected chi connectivity index (χ4v) is 3.80. The van der Waals surface area contributed by atoms with Crippen LogP contribution in [0.25, 0.3) is 0 Å². The number of hydrogen-bond acceptors (Lipinski definition) is 4. The van der Waals surface area contributed by atoms with Crippen LogP contribution in [0, 0.1) is 0 Å². The Labute approximate surface area is 165 Å². The second kappa shape index (κ2) is 9.35. The van der Waals surface area contributed by atoms with Crippen LogP contribution in [0.15, 0.2) is 48.8 Å². The molecule has 0 aliphatic heterocycles. The summed E-state index contributed by atoms with van der Waals surface area (Å²) in [4.78, 5) is 29.1. The number of benzene rings is 1. The molecule has 1 aromatic carbocycles. The first-order chi connectivity index (χ1) is 13.6. The Balaban J connectivity index is 1.54. The SMILES string of the molecule is COc1cccc(C2(C(=O)NCCC(=O)NCc3cccnc3)CCCC2)c1. The van der Waals surface area contributed by atoms with Crippen LogP contribution in [0.3, 0.4) is 0 Å². The van der Waals surface area contributed by atoms with Gasteiger partial charge < -0.3 is 15.4 Å². The Bertz CT molecular complexity index is 802. The molecule has 1 saturated carbocycles. The summed E-state index contributed by atoms with van der Waals surface area (Å²) in [6.07, 6.45) is 7.35. The normalized spacial score (nSPS) is 15.0. The number of rotatable bonds is 8. The molecule has 0 bridgehead atoms. The van der Waals surface area contributed by atoms with E-state index in [0.717, 1.165) is 42.6 Å². The van der Waals surface area contributed by atoms with E-state index in [1.165, 1.54) is 0 Å². The second-order valence-electron chi connectivity index (χ2n) is 7.17. The highest BCUT2D eigenvalue weighted by atomic mass is 16.5. The summed E-state index contributed by atoms with van der Waals surface area (Å²) in [6.45, 7) is 0.762. The second-order valence-corrected chi connectivity index (χ2v) is 7.17. The fourth-order valence-electron chi connectivity index (χ4n) is 3.80. The molecule has 1 aliphatic carbocycles. The first-order valence-corrected chi connectivity index (χ1v) is 9.72. The highest BCUT2D eigenvalue weighted by molar-refractivity contribution is 5.89. The van der Waals surface area contributed by atoms with Gasteiger partial charge in [0.15, 0.2) is 0 Å². The number of methoxy groups -OCH3 is 1. The number of nitrogens with zero attached hydrogens (tertiary/aromatic N) is 1. The van der Waals surface area contributed by atoms with E-state index in [-0.39, 0.29) is 18.2 Å². The molecular formula is C22H27N3O3. The van der Waals surface area contributed by atoms with Crippen molar-refractivity contribution in [1.29, 1.82) is 0 Å². The Kier molecular flexibility index (Phi) is 6.63. The molecule has 2 N–H and O–H groups in total. The molecule has 2 aromatic rings. The average Bonchev–Trinajstić information content (AvgIpc) is 3.24. The van der Waals surface area contributed by atoms with E-state index in [0.29, 0.717) is 13.1 Å². The Morgan fingerprint density at radius 3 is 2.68 bits per heavy atom. The molecule has 0 saturated heterocycles. The number of carbonyl (C=O) groups excluding carboxylic acids is 2. The number of amides is 2. The van der Waals surface area contributed by atoms with Crippen LogP contribution in [0.4, 0.5) is 0 Å². The van der Waals surface area contributed by atoms with Crippen LogP contribution in [-0.4, -0.2) is 30.5 Å². The van der Waals surface area contributed by atoms with Gasteiger partial charge in [-0.25, -0.2) is 0 Å². The van der Waals surface area contributed by atoms with Gasteiger partial charge in [0, 0.05) is 31.9 Å². The quantitative estimate of drug-likeness (QED) is 0.737. The van der Waals surface area contributed by atoms with Crippen molar-refractivity contribution in [3.8, 4) is 5.75 Å². The first kappa shape index (κ1) is 19.9. The summed E-state index contributed by atoms with van der Waals surface area (Å²) in [5.74, 6) is 0.663. The van der Waals surface area contributed by atoms with Gasteiger partial charge in [0.2, 0.25) is 11.8 Å². The van der Waals surface area contributed by atoms with E-state index in [2.05, 4.69) is 15.6 Å². The topological polar surface area (TPSA) is 80.3 Å². The molecule has 1 aliphatic rings. The number of nitrogens with one attached hydrogen (secondary N) is 2. The molecule has 1 heterocycles. The number of aromatic nitrogens is 1. The van der Waals surface area contributed by atoms with Crippen LogP contribution < -0.4 is 15.4 Å². The van der Waals surface area contributed by atoms with Crippen LogP contribution in [0.2, 0.25) is 0 Å². The van der Waals surface area contributed by atoms with Gasteiger partial charge in [-0.05, 0) is 42.2 Å². The van der Waals surface area contributed by atoms with Crippen molar-refractivity contribution in [3.05, 3.63) is 59.9 Å². The summed E-state index contributed by atoms with van der Waals surface area (Å²) < 4.78 is 5.33. The minimum Gasteiger partial charge on any atom is -0.497 e. The lowest BCUT2D eigenvalue weighted by Crippen LogP contribution is -2.43. The highest BCUT2D eigenvalue weighted by Crippen LogP contribution is 2.42. The van der Waals surface area contributed by atoms with Gasteiger partial charge in [0.1, 0.15) is 5.75 Å². The predicted molar refractivity (Wildman–Crippen MR) is 107 cm³/mol. The van der Waals surface area contributed by atoms with Gasteiger partial charge in [-0.3, -0.25) is 14.6 Å². The maximum atomic E-state index is 13.0. The van der Waals surface area contributed by atoms with Crippen molar-refractivity contribution in [2.24, 2.45) is 0 Å². The molecule has 2 amide bonds. The van der Waals surface area contributed by atoms with Crippen molar-refractivity contribution in [1.82, 2.24) is 15.6 Å². The summed E-state index contributed by atoms with van der Waals surface area (Å²) in [7, 11) is 1.63. The third-order valence-electron chi connectivity index (χ3n) is 5.36. The van der Waals surface area contributed by atoms with Crippen molar-refractivity contribution in [3.63, 3.8) is 0 Å². The summed E-state index contributed by atoms with van der Waals surface area (Å²) in [5, 5.41) is 5.83. The third-order valence-corrected chi connectivity index (χ3v) is 5.36. The monoisotopic (exact) mass is 381 g/mol. The van der Waals surface area contributed by atoms with Crippen LogP contribution in [-0.2, 0) is 21.5 Å². The summed E-state index contributed by atoms with van der Waals surface area (Å²) in [5.41, 5.74) is 1.41. The maximum absolute atomic E-state index is 13.0. The zero-order valence-corrected chi connectivity index (χ0v) is 16.2. The third kappa shape index (κ3) is 4.68. The maximum Gasteiger partial charge on any atom is 0.230 e. The molecule has 1 fully saturated rings.